The van der Waals surface area contributed by atoms with Gasteiger partial charge in [-0.2, -0.15) is 0 Å². The lowest BCUT2D eigenvalue weighted by Crippen LogP contribution is -2.42. The summed E-state index contributed by atoms with van der Waals surface area (Å²) in [4.78, 5) is 19.9. The molecule has 0 spiro atoms. The number of benzene rings is 2. The zero-order valence-corrected chi connectivity index (χ0v) is 18.2. The van der Waals surface area contributed by atoms with Crippen LogP contribution in [0.15, 0.2) is 36.4 Å². The van der Waals surface area contributed by atoms with E-state index in [0.29, 0.717) is 29.6 Å². The van der Waals surface area contributed by atoms with Gasteiger partial charge in [0.25, 0.3) is 5.91 Å². The number of amides is 1. The third kappa shape index (κ3) is 3.26. The highest BCUT2D eigenvalue weighted by Crippen LogP contribution is 2.45. The van der Waals surface area contributed by atoms with E-state index in [0.717, 1.165) is 41.2 Å². The molecule has 1 fully saturated rings. The lowest BCUT2D eigenvalue weighted by atomic mass is 10.00. The highest BCUT2D eigenvalue weighted by atomic mass is 35.5. The molecule has 0 atom stereocenters. The number of fused-ring (bicyclic) bond motifs is 2. The van der Waals surface area contributed by atoms with Gasteiger partial charge in [0.1, 0.15) is 12.4 Å². The Balaban J connectivity index is 1.58. The molecule has 0 bridgehead atoms. The summed E-state index contributed by atoms with van der Waals surface area (Å²) in [5, 5.41) is 0.626. The van der Waals surface area contributed by atoms with E-state index in [2.05, 4.69) is 28.0 Å². The molecule has 0 aliphatic carbocycles. The molecule has 1 saturated heterocycles. The van der Waals surface area contributed by atoms with E-state index in [4.69, 9.17) is 16.3 Å². The first-order valence-corrected chi connectivity index (χ1v) is 10.9. The normalized spacial score (nSPS) is 20.9. The first kappa shape index (κ1) is 19.5. The molecule has 0 radical (unpaired) electrons. The summed E-state index contributed by atoms with van der Waals surface area (Å²) >= 11 is 6.33. The van der Waals surface area contributed by atoms with Crippen molar-refractivity contribution in [2.24, 2.45) is 0 Å². The van der Waals surface area contributed by atoms with Crippen molar-refractivity contribution in [3.8, 4) is 0 Å². The molecule has 1 amide bonds. The van der Waals surface area contributed by atoms with E-state index in [1.165, 1.54) is 19.3 Å². The maximum absolute atomic E-state index is 13.6. The van der Waals surface area contributed by atoms with Crippen LogP contribution in [0.4, 0.5) is 11.4 Å². The van der Waals surface area contributed by atoms with Gasteiger partial charge in [-0.1, -0.05) is 18.0 Å². The summed E-state index contributed by atoms with van der Waals surface area (Å²) in [6.45, 7) is 3.15. The molecule has 0 aromatic heterocycles. The second-order valence-corrected chi connectivity index (χ2v) is 8.88. The minimum atomic E-state index is -0.00243. The third-order valence-electron chi connectivity index (χ3n) is 6.22. The second kappa shape index (κ2) is 7.64. The fourth-order valence-electron chi connectivity index (χ4n) is 4.60. The number of likely N-dealkylation sites (tertiary alicyclic amines) is 1. The zero-order valence-electron chi connectivity index (χ0n) is 17.4. The van der Waals surface area contributed by atoms with Crippen molar-refractivity contribution in [1.82, 2.24) is 4.90 Å². The van der Waals surface area contributed by atoms with Gasteiger partial charge in [-0.25, -0.2) is 0 Å². The summed E-state index contributed by atoms with van der Waals surface area (Å²) in [6, 6.07) is 12.0. The van der Waals surface area contributed by atoms with Crippen LogP contribution in [0.25, 0.3) is 11.3 Å². The fourth-order valence-corrected chi connectivity index (χ4v) is 4.77. The molecule has 6 heteroatoms. The molecule has 0 saturated carbocycles. The van der Waals surface area contributed by atoms with Crippen LogP contribution in [-0.4, -0.2) is 44.7 Å². The standard InChI is InChI=1S/C24H26ClN3O2/c1-26(2)18-7-8-19-16(12-18)14-30-23(19)22-20-13-17(25)6-9-21(20)28(24(22)29)15-27-10-4-3-5-11-27/h6-9,12-13H,3-5,10-11,14-15H2,1-2H3/b23-22+. The first-order valence-electron chi connectivity index (χ1n) is 10.5. The number of hydrogen-bond donors (Lipinski definition) is 0. The van der Waals surface area contributed by atoms with Crippen molar-refractivity contribution in [2.75, 3.05) is 43.7 Å². The highest BCUT2D eigenvalue weighted by molar-refractivity contribution is 6.38. The number of carbonyl (C=O) groups is 1. The van der Waals surface area contributed by atoms with E-state index < -0.39 is 0 Å². The van der Waals surface area contributed by atoms with Gasteiger partial charge in [0.2, 0.25) is 0 Å². The highest BCUT2D eigenvalue weighted by Gasteiger charge is 2.38. The molecule has 0 N–H and O–H groups in total. The van der Waals surface area contributed by atoms with Crippen molar-refractivity contribution in [2.45, 2.75) is 25.9 Å². The average Bonchev–Trinajstić information content (AvgIpc) is 3.27. The number of anilines is 2. The number of ether oxygens (including phenoxy) is 1. The number of piperidine rings is 1. The molecule has 3 heterocycles. The molecule has 3 aliphatic heterocycles. The molecule has 156 valence electrons. The van der Waals surface area contributed by atoms with E-state index in [-0.39, 0.29) is 5.91 Å². The van der Waals surface area contributed by atoms with E-state index >= 15 is 0 Å². The van der Waals surface area contributed by atoms with Crippen LogP contribution in [0.2, 0.25) is 5.02 Å². The molecular weight excluding hydrogens is 398 g/mol. The van der Waals surface area contributed by atoms with Gasteiger partial charge in [-0.3, -0.25) is 14.6 Å². The molecule has 30 heavy (non-hydrogen) atoms. The molecule has 2 aromatic rings. The SMILES string of the molecule is CN(C)c1ccc2c(c1)CO/C2=C1/C(=O)N(CN2CCCCC2)c2ccc(Cl)cc21. The van der Waals surface area contributed by atoms with Gasteiger partial charge < -0.3 is 9.64 Å². The summed E-state index contributed by atoms with van der Waals surface area (Å²) in [7, 11) is 4.04. The van der Waals surface area contributed by atoms with Gasteiger partial charge in [-0.15, -0.1) is 0 Å². The van der Waals surface area contributed by atoms with Crippen molar-refractivity contribution in [1.29, 1.82) is 0 Å². The first-order chi connectivity index (χ1) is 14.5. The maximum Gasteiger partial charge on any atom is 0.263 e. The minimum Gasteiger partial charge on any atom is -0.487 e. The molecule has 3 aliphatic rings. The van der Waals surface area contributed by atoms with E-state index in [1.54, 1.807) is 0 Å². The van der Waals surface area contributed by atoms with Gasteiger partial charge in [0, 0.05) is 41.5 Å². The summed E-state index contributed by atoms with van der Waals surface area (Å²) in [6.07, 6.45) is 3.65. The van der Waals surface area contributed by atoms with Crippen molar-refractivity contribution in [3.05, 3.63) is 58.1 Å². The average molecular weight is 424 g/mol. The Bertz CT molecular complexity index is 1040. The zero-order chi connectivity index (χ0) is 20.8. The lowest BCUT2D eigenvalue weighted by Gasteiger charge is -2.30. The Labute approximate surface area is 182 Å². The monoisotopic (exact) mass is 423 g/mol. The van der Waals surface area contributed by atoms with Gasteiger partial charge in [0.05, 0.1) is 17.9 Å². The predicted octanol–water partition coefficient (Wildman–Crippen LogP) is 4.59. The fraction of sp³-hybridized carbons (Fsp3) is 0.375. The van der Waals surface area contributed by atoms with Crippen LogP contribution >= 0.6 is 11.6 Å². The van der Waals surface area contributed by atoms with Crippen LogP contribution in [0.5, 0.6) is 0 Å². The van der Waals surface area contributed by atoms with E-state index in [9.17, 15) is 4.79 Å². The van der Waals surface area contributed by atoms with Gasteiger partial charge >= 0.3 is 0 Å². The Morgan fingerprint density at radius 1 is 1.03 bits per heavy atom. The second-order valence-electron chi connectivity index (χ2n) is 8.44. The number of nitrogens with zero attached hydrogens (tertiary/aromatic N) is 3. The Hall–Kier alpha value is -2.50. The predicted molar refractivity (Wildman–Crippen MR) is 122 cm³/mol. The number of halogens is 1. The summed E-state index contributed by atoms with van der Waals surface area (Å²) < 4.78 is 6.10. The van der Waals surface area contributed by atoms with Crippen LogP contribution in [0.1, 0.15) is 36.0 Å². The Kier molecular flexibility index (Phi) is 4.95. The molecule has 2 aromatic carbocycles. The largest absolute Gasteiger partial charge is 0.487 e. The number of hydrogen-bond acceptors (Lipinski definition) is 4. The van der Waals surface area contributed by atoms with Crippen LogP contribution in [0.3, 0.4) is 0 Å². The third-order valence-corrected chi connectivity index (χ3v) is 6.45. The van der Waals surface area contributed by atoms with Crippen molar-refractivity contribution >= 4 is 40.2 Å². The maximum atomic E-state index is 13.6. The van der Waals surface area contributed by atoms with Crippen LogP contribution in [0, 0.1) is 0 Å². The topological polar surface area (TPSA) is 36.0 Å². The Morgan fingerprint density at radius 3 is 2.60 bits per heavy atom. The minimum absolute atomic E-state index is 0.00243. The summed E-state index contributed by atoms with van der Waals surface area (Å²) in [5.74, 6) is 0.669. The molecule has 5 nitrogen and oxygen atoms in total. The lowest BCUT2D eigenvalue weighted by molar-refractivity contribution is -0.113. The quantitative estimate of drug-likeness (QED) is 0.676. The van der Waals surface area contributed by atoms with Crippen LogP contribution in [-0.2, 0) is 16.1 Å². The number of carbonyl (C=O) groups excluding carboxylic acids is 1. The molecular formula is C24H26ClN3O2. The van der Waals surface area contributed by atoms with Gasteiger partial charge in [0.15, 0.2) is 0 Å². The van der Waals surface area contributed by atoms with E-state index in [1.807, 2.05) is 37.2 Å². The van der Waals surface area contributed by atoms with Crippen LogP contribution < -0.4 is 9.80 Å². The van der Waals surface area contributed by atoms with Crippen molar-refractivity contribution < 1.29 is 9.53 Å². The van der Waals surface area contributed by atoms with Crippen molar-refractivity contribution in [3.63, 3.8) is 0 Å². The molecule has 0 unspecified atom stereocenters. The van der Waals surface area contributed by atoms with Gasteiger partial charge in [-0.05, 0) is 62.3 Å². The Morgan fingerprint density at radius 2 is 1.83 bits per heavy atom. The summed E-state index contributed by atoms with van der Waals surface area (Å²) in [5.41, 5.74) is 5.63. The number of rotatable bonds is 3. The molecule has 5 rings (SSSR count). The smallest absolute Gasteiger partial charge is 0.263 e.